The molecule has 0 atom stereocenters. The van der Waals surface area contributed by atoms with Crippen molar-refractivity contribution in [3.63, 3.8) is 0 Å². The Morgan fingerprint density at radius 3 is 2.42 bits per heavy atom. The van der Waals surface area contributed by atoms with E-state index in [4.69, 9.17) is 9.47 Å². The third-order valence-corrected chi connectivity index (χ3v) is 3.74. The number of carbonyl (C=O) groups is 1. The van der Waals surface area contributed by atoms with Crippen molar-refractivity contribution in [3.8, 4) is 16.9 Å². The van der Waals surface area contributed by atoms with Gasteiger partial charge in [-0.05, 0) is 34.9 Å². The standard InChI is InChI=1S/C21H18O3/c1-23-18-11-7-8-16(14-18)15-24-21(22)20-13-6-5-12-19(20)17-9-3-2-4-10-17/h2-14H,15H2,1H3. The molecule has 3 aromatic carbocycles. The second kappa shape index (κ2) is 7.47. The lowest BCUT2D eigenvalue weighted by molar-refractivity contribution is 0.0473. The number of benzene rings is 3. The summed E-state index contributed by atoms with van der Waals surface area (Å²) in [6, 6.07) is 24.8. The van der Waals surface area contributed by atoms with Crippen LogP contribution in [0.4, 0.5) is 0 Å². The zero-order valence-corrected chi connectivity index (χ0v) is 13.4. The van der Waals surface area contributed by atoms with Gasteiger partial charge in [0, 0.05) is 0 Å². The van der Waals surface area contributed by atoms with E-state index < -0.39 is 0 Å². The van der Waals surface area contributed by atoms with Crippen LogP contribution in [0.15, 0.2) is 78.9 Å². The Kier molecular flexibility index (Phi) is 4.92. The van der Waals surface area contributed by atoms with E-state index in [0.29, 0.717) is 5.56 Å². The van der Waals surface area contributed by atoms with E-state index in [1.165, 1.54) is 0 Å². The molecule has 3 rings (SSSR count). The summed E-state index contributed by atoms with van der Waals surface area (Å²) in [5.41, 5.74) is 3.31. The van der Waals surface area contributed by atoms with Gasteiger partial charge in [-0.15, -0.1) is 0 Å². The highest BCUT2D eigenvalue weighted by molar-refractivity contribution is 5.97. The van der Waals surface area contributed by atoms with Gasteiger partial charge in [-0.3, -0.25) is 0 Å². The first-order valence-corrected chi connectivity index (χ1v) is 7.72. The van der Waals surface area contributed by atoms with Gasteiger partial charge < -0.3 is 9.47 Å². The van der Waals surface area contributed by atoms with Gasteiger partial charge in [0.1, 0.15) is 12.4 Å². The van der Waals surface area contributed by atoms with E-state index in [1.807, 2.05) is 72.8 Å². The van der Waals surface area contributed by atoms with Gasteiger partial charge in [0.05, 0.1) is 12.7 Å². The molecule has 0 aliphatic heterocycles. The topological polar surface area (TPSA) is 35.5 Å². The fourth-order valence-corrected chi connectivity index (χ4v) is 2.52. The van der Waals surface area contributed by atoms with E-state index >= 15 is 0 Å². The number of ether oxygens (including phenoxy) is 2. The quantitative estimate of drug-likeness (QED) is 0.639. The summed E-state index contributed by atoms with van der Waals surface area (Å²) in [6.45, 7) is 0.207. The third kappa shape index (κ3) is 3.63. The second-order valence-electron chi connectivity index (χ2n) is 5.34. The Labute approximate surface area is 141 Å². The number of hydrogen-bond acceptors (Lipinski definition) is 3. The lowest BCUT2D eigenvalue weighted by Crippen LogP contribution is -2.07. The summed E-state index contributed by atoms with van der Waals surface area (Å²) >= 11 is 0. The molecule has 0 aliphatic carbocycles. The molecular formula is C21H18O3. The second-order valence-corrected chi connectivity index (χ2v) is 5.34. The van der Waals surface area contributed by atoms with Crippen LogP contribution in [0.5, 0.6) is 5.75 Å². The number of rotatable bonds is 5. The van der Waals surface area contributed by atoms with Crippen LogP contribution in [0, 0.1) is 0 Å². The maximum absolute atomic E-state index is 12.5. The van der Waals surface area contributed by atoms with Gasteiger partial charge in [0.2, 0.25) is 0 Å². The summed E-state index contributed by atoms with van der Waals surface area (Å²) in [4.78, 5) is 12.5. The van der Waals surface area contributed by atoms with Crippen LogP contribution < -0.4 is 4.74 Å². The molecule has 120 valence electrons. The molecule has 3 aromatic rings. The predicted molar refractivity (Wildman–Crippen MR) is 94.0 cm³/mol. The van der Waals surface area contributed by atoms with Gasteiger partial charge in [-0.2, -0.15) is 0 Å². The minimum atomic E-state index is -0.336. The van der Waals surface area contributed by atoms with Crippen LogP contribution in [-0.2, 0) is 11.3 Å². The van der Waals surface area contributed by atoms with Gasteiger partial charge in [0.25, 0.3) is 0 Å². The molecular weight excluding hydrogens is 300 g/mol. The first-order valence-electron chi connectivity index (χ1n) is 7.72. The fourth-order valence-electron chi connectivity index (χ4n) is 2.52. The van der Waals surface area contributed by atoms with E-state index in [9.17, 15) is 4.79 Å². The van der Waals surface area contributed by atoms with Gasteiger partial charge in [-0.25, -0.2) is 4.79 Å². The molecule has 0 bridgehead atoms. The van der Waals surface area contributed by atoms with Crippen molar-refractivity contribution in [2.24, 2.45) is 0 Å². The molecule has 0 N–H and O–H groups in total. The van der Waals surface area contributed by atoms with E-state index in [1.54, 1.807) is 13.2 Å². The molecule has 0 spiro atoms. The molecule has 0 radical (unpaired) electrons. The van der Waals surface area contributed by atoms with Crippen molar-refractivity contribution in [1.29, 1.82) is 0 Å². The van der Waals surface area contributed by atoms with Gasteiger partial charge >= 0.3 is 5.97 Å². The van der Waals surface area contributed by atoms with E-state index in [-0.39, 0.29) is 12.6 Å². The Balaban J connectivity index is 1.78. The number of esters is 1. The highest BCUT2D eigenvalue weighted by Gasteiger charge is 2.13. The highest BCUT2D eigenvalue weighted by atomic mass is 16.5. The molecule has 3 nitrogen and oxygen atoms in total. The van der Waals surface area contributed by atoms with Crippen LogP contribution in [-0.4, -0.2) is 13.1 Å². The van der Waals surface area contributed by atoms with Crippen molar-refractivity contribution in [1.82, 2.24) is 0 Å². The van der Waals surface area contributed by atoms with Crippen molar-refractivity contribution in [2.75, 3.05) is 7.11 Å². The van der Waals surface area contributed by atoms with E-state index in [0.717, 1.165) is 22.4 Å². The Hall–Kier alpha value is -3.07. The fraction of sp³-hybridized carbons (Fsp3) is 0.0952. The molecule has 0 saturated carbocycles. The lowest BCUT2D eigenvalue weighted by atomic mass is 10.00. The summed E-state index contributed by atoms with van der Waals surface area (Å²) in [7, 11) is 1.61. The molecule has 0 fully saturated rings. The third-order valence-electron chi connectivity index (χ3n) is 3.74. The molecule has 0 saturated heterocycles. The molecule has 24 heavy (non-hydrogen) atoms. The van der Waals surface area contributed by atoms with Crippen molar-refractivity contribution in [3.05, 3.63) is 90.0 Å². The first kappa shape index (κ1) is 15.8. The van der Waals surface area contributed by atoms with Crippen LogP contribution in [0.1, 0.15) is 15.9 Å². The van der Waals surface area contributed by atoms with Crippen molar-refractivity contribution >= 4 is 5.97 Å². The average Bonchev–Trinajstić information content (AvgIpc) is 2.67. The summed E-state index contributed by atoms with van der Waals surface area (Å²) < 4.78 is 10.7. The van der Waals surface area contributed by atoms with E-state index in [2.05, 4.69) is 0 Å². The molecule has 3 heteroatoms. The average molecular weight is 318 g/mol. The largest absolute Gasteiger partial charge is 0.497 e. The Morgan fingerprint density at radius 1 is 0.875 bits per heavy atom. The van der Waals surface area contributed by atoms with Gasteiger partial charge in [-0.1, -0.05) is 60.7 Å². The summed E-state index contributed by atoms with van der Waals surface area (Å²) in [6.07, 6.45) is 0. The summed E-state index contributed by atoms with van der Waals surface area (Å²) in [5.74, 6) is 0.408. The maximum Gasteiger partial charge on any atom is 0.339 e. The normalized spacial score (nSPS) is 10.2. The molecule has 0 aromatic heterocycles. The zero-order valence-electron chi connectivity index (χ0n) is 13.4. The monoisotopic (exact) mass is 318 g/mol. The van der Waals surface area contributed by atoms with Crippen LogP contribution in [0.2, 0.25) is 0 Å². The minimum Gasteiger partial charge on any atom is -0.497 e. The first-order chi connectivity index (χ1) is 11.8. The van der Waals surface area contributed by atoms with Crippen LogP contribution in [0.3, 0.4) is 0 Å². The SMILES string of the molecule is COc1cccc(COC(=O)c2ccccc2-c2ccccc2)c1. The van der Waals surface area contributed by atoms with Crippen LogP contribution >= 0.6 is 0 Å². The Morgan fingerprint density at radius 2 is 1.62 bits per heavy atom. The van der Waals surface area contributed by atoms with Crippen LogP contribution in [0.25, 0.3) is 11.1 Å². The smallest absolute Gasteiger partial charge is 0.339 e. The number of methoxy groups -OCH3 is 1. The molecule has 0 heterocycles. The summed E-state index contributed by atoms with van der Waals surface area (Å²) in [5, 5.41) is 0. The highest BCUT2D eigenvalue weighted by Crippen LogP contribution is 2.24. The van der Waals surface area contributed by atoms with Crippen molar-refractivity contribution in [2.45, 2.75) is 6.61 Å². The van der Waals surface area contributed by atoms with Crippen molar-refractivity contribution < 1.29 is 14.3 Å². The maximum atomic E-state index is 12.5. The number of hydrogen-bond donors (Lipinski definition) is 0. The predicted octanol–water partition coefficient (Wildman–Crippen LogP) is 4.72. The minimum absolute atomic E-state index is 0.207. The number of carbonyl (C=O) groups excluding carboxylic acids is 1. The molecule has 0 amide bonds. The van der Waals surface area contributed by atoms with Gasteiger partial charge in [0.15, 0.2) is 0 Å². The lowest BCUT2D eigenvalue weighted by Gasteiger charge is -2.10. The zero-order chi connectivity index (χ0) is 16.8. The molecule has 0 unspecified atom stereocenters. The Bertz CT molecular complexity index is 825. The molecule has 0 aliphatic rings.